The molecule has 54 heavy (non-hydrogen) atoms. The smallest absolute Gasteiger partial charge is 0.273 e. The summed E-state index contributed by atoms with van der Waals surface area (Å²) in [6.45, 7) is -0.285. The van der Waals surface area contributed by atoms with Crippen molar-refractivity contribution in [1.29, 1.82) is 0 Å². The van der Waals surface area contributed by atoms with Gasteiger partial charge in [-0.05, 0) is 36.8 Å². The first-order valence-electron chi connectivity index (χ1n) is 16.5. The second-order valence-corrected chi connectivity index (χ2v) is 12.0. The molecule has 2 aromatic heterocycles. The molecule has 6 N–H and O–H groups in total. The first-order chi connectivity index (χ1) is 26.0. The minimum Gasteiger partial charge on any atom is -0.494 e. The Hall–Kier alpha value is -7.25. The quantitative estimate of drug-likeness (QED) is 0.101. The van der Waals surface area contributed by atoms with Crippen LogP contribution in [0.25, 0.3) is 11.4 Å². The van der Waals surface area contributed by atoms with Gasteiger partial charge >= 0.3 is 0 Å². The number of aromatic nitrogens is 5. The third-order valence-corrected chi connectivity index (χ3v) is 8.40. The number of carbonyl (C=O) groups excluding carboxylic acids is 7. The Morgan fingerprint density at radius 3 is 2.48 bits per heavy atom. The first-order valence-corrected chi connectivity index (χ1v) is 16.5. The van der Waals surface area contributed by atoms with Crippen molar-refractivity contribution in [2.45, 2.75) is 25.3 Å². The van der Waals surface area contributed by atoms with Crippen LogP contribution in [0.3, 0.4) is 0 Å². The van der Waals surface area contributed by atoms with Gasteiger partial charge in [0.1, 0.15) is 12.4 Å². The van der Waals surface area contributed by atoms with E-state index in [0.717, 1.165) is 4.90 Å². The lowest BCUT2D eigenvalue weighted by molar-refractivity contribution is -0.136. The lowest BCUT2D eigenvalue weighted by Crippen LogP contribution is -2.54. The average molecular weight is 739 g/mol. The Labute approximate surface area is 306 Å². The summed E-state index contributed by atoms with van der Waals surface area (Å²) in [5.41, 5.74) is 1.84. The van der Waals surface area contributed by atoms with Crippen molar-refractivity contribution in [3.63, 3.8) is 0 Å². The molecule has 0 bridgehead atoms. The van der Waals surface area contributed by atoms with E-state index in [4.69, 9.17) is 4.74 Å². The highest BCUT2D eigenvalue weighted by Crippen LogP contribution is 2.37. The SMILES string of the molecule is CNC(=O)c1nnc(NC(=O)CNC(=O)CCNc2ccc3c(c2)C(=O)N(C2CCC(=O)NC2=O)C3=O)cc1Nc1cccc(-c2ncn(C)n2)c1OC. The summed E-state index contributed by atoms with van der Waals surface area (Å²) >= 11 is 0. The van der Waals surface area contributed by atoms with E-state index < -0.39 is 53.9 Å². The molecular weight excluding hydrogens is 704 g/mol. The van der Waals surface area contributed by atoms with Crippen molar-refractivity contribution < 1.29 is 38.3 Å². The normalized spacial score (nSPS) is 14.9. The number of imide groups is 2. The minimum absolute atomic E-state index is 0.00612. The number of benzene rings is 2. The van der Waals surface area contributed by atoms with E-state index >= 15 is 0 Å². The molecule has 1 atom stereocenters. The number of nitrogens with one attached hydrogen (secondary N) is 6. The number of hydrogen-bond acceptors (Lipinski definition) is 14. The molecule has 0 saturated carbocycles. The molecule has 278 valence electrons. The Balaban J connectivity index is 1.03. The van der Waals surface area contributed by atoms with E-state index in [2.05, 4.69) is 52.2 Å². The van der Waals surface area contributed by atoms with Gasteiger partial charge in [-0.15, -0.1) is 10.2 Å². The van der Waals surface area contributed by atoms with Crippen LogP contribution in [0, 0.1) is 0 Å². The van der Waals surface area contributed by atoms with Gasteiger partial charge in [0.05, 0.1) is 41.7 Å². The maximum Gasteiger partial charge on any atom is 0.273 e. The van der Waals surface area contributed by atoms with E-state index in [1.807, 2.05) is 0 Å². The summed E-state index contributed by atoms with van der Waals surface area (Å²) in [6, 6.07) is 10.0. The number of aryl methyl sites for hydroxylation is 1. The molecule has 1 fully saturated rings. The molecule has 20 nitrogen and oxygen atoms in total. The van der Waals surface area contributed by atoms with Crippen LogP contribution in [0.2, 0.25) is 0 Å². The summed E-state index contributed by atoms with van der Waals surface area (Å²) in [5.74, 6) is -3.27. The number of ether oxygens (including phenoxy) is 1. The Morgan fingerprint density at radius 2 is 1.76 bits per heavy atom. The number of nitrogens with zero attached hydrogens (tertiary/aromatic N) is 6. The van der Waals surface area contributed by atoms with Gasteiger partial charge in [0.25, 0.3) is 17.7 Å². The third-order valence-electron chi connectivity index (χ3n) is 8.40. The number of carbonyl (C=O) groups is 7. The fourth-order valence-corrected chi connectivity index (χ4v) is 5.83. The fraction of sp³-hybridized carbons (Fsp3) is 0.265. The Morgan fingerprint density at radius 1 is 0.963 bits per heavy atom. The number of fused-ring (bicyclic) bond motifs is 1. The fourth-order valence-electron chi connectivity index (χ4n) is 5.83. The summed E-state index contributed by atoms with van der Waals surface area (Å²) in [4.78, 5) is 92.9. The van der Waals surface area contributed by atoms with E-state index in [1.165, 1.54) is 32.4 Å². The van der Waals surface area contributed by atoms with E-state index in [1.54, 1.807) is 42.3 Å². The molecule has 0 spiro atoms. The van der Waals surface area contributed by atoms with Crippen molar-refractivity contribution in [2.75, 3.05) is 43.2 Å². The van der Waals surface area contributed by atoms with Crippen LogP contribution >= 0.6 is 0 Å². The zero-order valence-electron chi connectivity index (χ0n) is 29.2. The molecule has 4 heterocycles. The lowest BCUT2D eigenvalue weighted by Gasteiger charge is -2.27. The highest BCUT2D eigenvalue weighted by molar-refractivity contribution is 6.23. The van der Waals surface area contributed by atoms with Gasteiger partial charge in [0.15, 0.2) is 23.1 Å². The molecule has 20 heteroatoms. The topological polar surface area (TPSA) is 261 Å². The maximum atomic E-state index is 13.1. The lowest BCUT2D eigenvalue weighted by atomic mass is 10.0. The number of para-hydroxylation sites is 1. The van der Waals surface area contributed by atoms with Crippen molar-refractivity contribution in [3.8, 4) is 17.1 Å². The molecule has 1 unspecified atom stereocenters. The maximum absolute atomic E-state index is 13.1. The zero-order valence-corrected chi connectivity index (χ0v) is 29.2. The highest BCUT2D eigenvalue weighted by atomic mass is 16.5. The average Bonchev–Trinajstić information content (AvgIpc) is 3.69. The molecule has 6 rings (SSSR count). The minimum atomic E-state index is -1.08. The first kappa shape index (κ1) is 36.5. The number of rotatable bonds is 13. The van der Waals surface area contributed by atoms with Crippen molar-refractivity contribution in [1.82, 2.24) is 45.8 Å². The van der Waals surface area contributed by atoms with Gasteiger partial charge in [-0.1, -0.05) is 6.07 Å². The van der Waals surface area contributed by atoms with Gasteiger partial charge in [-0.2, -0.15) is 5.10 Å². The summed E-state index contributed by atoms with van der Waals surface area (Å²) in [7, 11) is 4.65. The van der Waals surface area contributed by atoms with E-state index in [9.17, 15) is 33.6 Å². The van der Waals surface area contributed by atoms with E-state index in [-0.39, 0.29) is 54.1 Å². The van der Waals surface area contributed by atoms with Gasteiger partial charge in [-0.3, -0.25) is 48.5 Å². The molecule has 2 aliphatic rings. The largest absolute Gasteiger partial charge is 0.494 e. The number of anilines is 4. The van der Waals surface area contributed by atoms with Crippen LogP contribution in [0.5, 0.6) is 5.75 Å². The van der Waals surface area contributed by atoms with Crippen LogP contribution in [0.4, 0.5) is 22.9 Å². The van der Waals surface area contributed by atoms with Crippen LogP contribution in [-0.4, -0.2) is 105 Å². The third kappa shape index (κ3) is 7.66. The molecule has 2 aromatic carbocycles. The summed E-state index contributed by atoms with van der Waals surface area (Å²) < 4.78 is 7.19. The van der Waals surface area contributed by atoms with Gasteiger partial charge in [0, 0.05) is 45.2 Å². The second-order valence-electron chi connectivity index (χ2n) is 12.0. The molecular formula is C34H34N12O8. The zero-order chi connectivity index (χ0) is 38.5. The number of methoxy groups -OCH3 is 1. The standard InChI is InChI=1S/C34H34N12O8/c1-35-32(51)28-22(39-21-6-4-5-19(29(21)54-3)30-38-16-45(2)44-30)14-24(42-43-28)40-27(49)15-37-25(47)11-12-36-17-7-8-18-20(13-17)34(53)46(33(18)52)23-9-10-26(48)41-31(23)50/h4-8,13-14,16,23,36H,9-12,15H2,1-3H3,(H,35,51)(H,37,47)(H,41,48,50)(H2,39,40,42,49). The number of amides is 7. The molecule has 7 amide bonds. The predicted octanol–water partition coefficient (Wildman–Crippen LogP) is 0.342. The van der Waals surface area contributed by atoms with Gasteiger partial charge in [0.2, 0.25) is 23.6 Å². The van der Waals surface area contributed by atoms with Crippen molar-refractivity contribution in [3.05, 3.63) is 65.6 Å². The molecule has 1 saturated heterocycles. The molecule has 4 aromatic rings. The van der Waals surface area contributed by atoms with Crippen molar-refractivity contribution in [2.24, 2.45) is 7.05 Å². The number of hydrogen-bond donors (Lipinski definition) is 6. The summed E-state index contributed by atoms with van der Waals surface area (Å²) in [5, 5.41) is 28.1. The van der Waals surface area contributed by atoms with Crippen molar-refractivity contribution >= 4 is 64.2 Å². The van der Waals surface area contributed by atoms with Gasteiger partial charge in [-0.25, -0.2) is 4.98 Å². The predicted molar refractivity (Wildman–Crippen MR) is 190 cm³/mol. The van der Waals surface area contributed by atoms with Crippen LogP contribution in [0.1, 0.15) is 50.5 Å². The Kier molecular flexibility index (Phi) is 10.5. The molecule has 2 aliphatic heterocycles. The monoisotopic (exact) mass is 738 g/mol. The second kappa shape index (κ2) is 15.6. The number of piperidine rings is 1. The highest BCUT2D eigenvalue weighted by Gasteiger charge is 2.44. The Bertz CT molecular complexity index is 2200. The van der Waals surface area contributed by atoms with Crippen LogP contribution in [-0.2, 0) is 26.2 Å². The molecule has 0 aliphatic carbocycles. The van der Waals surface area contributed by atoms with E-state index in [0.29, 0.717) is 28.5 Å². The van der Waals surface area contributed by atoms with Gasteiger partial charge < -0.3 is 31.3 Å². The van der Waals surface area contributed by atoms with Crippen LogP contribution < -0.4 is 36.6 Å². The molecule has 0 radical (unpaired) electrons. The van der Waals surface area contributed by atoms with Crippen LogP contribution in [0.15, 0.2) is 48.8 Å². The summed E-state index contributed by atoms with van der Waals surface area (Å²) in [6.07, 6.45) is 1.55.